The first-order valence-electron chi connectivity index (χ1n) is 13.1. The summed E-state index contributed by atoms with van der Waals surface area (Å²) in [6, 6.07) is 9.75. The van der Waals surface area contributed by atoms with Crippen molar-refractivity contribution in [3.63, 3.8) is 0 Å². The molecule has 2 aliphatic carbocycles. The summed E-state index contributed by atoms with van der Waals surface area (Å²) in [6.07, 6.45) is 18.0. The Balaban J connectivity index is 1.28. The van der Waals surface area contributed by atoms with Crippen LogP contribution in [0.25, 0.3) is 10.8 Å². The van der Waals surface area contributed by atoms with Gasteiger partial charge in [0.05, 0.1) is 0 Å². The molecule has 0 amide bonds. The van der Waals surface area contributed by atoms with Gasteiger partial charge in [-0.25, -0.2) is 4.39 Å². The summed E-state index contributed by atoms with van der Waals surface area (Å²) in [5, 5.41) is 1.63. The molecular formula is C30H41FO. The second-order valence-corrected chi connectivity index (χ2v) is 10.4. The molecule has 2 saturated carbocycles. The largest absolute Gasteiger partial charge is 0.490 e. The van der Waals surface area contributed by atoms with E-state index in [0.717, 1.165) is 47.3 Å². The van der Waals surface area contributed by atoms with E-state index < -0.39 is 0 Å². The Morgan fingerprint density at radius 1 is 0.875 bits per heavy atom. The maximum absolute atomic E-state index is 15.4. The maximum atomic E-state index is 15.4. The molecule has 0 spiro atoms. The minimum Gasteiger partial charge on any atom is -0.490 e. The molecule has 0 N–H and O–H groups in total. The van der Waals surface area contributed by atoms with Crippen LogP contribution in [0.4, 0.5) is 4.39 Å². The van der Waals surface area contributed by atoms with Gasteiger partial charge in [-0.15, -0.1) is 0 Å². The molecule has 2 heteroatoms. The molecule has 32 heavy (non-hydrogen) atoms. The van der Waals surface area contributed by atoms with Gasteiger partial charge in [-0.3, -0.25) is 0 Å². The van der Waals surface area contributed by atoms with Gasteiger partial charge in [0.15, 0.2) is 0 Å². The van der Waals surface area contributed by atoms with Crippen molar-refractivity contribution in [3.8, 4) is 5.75 Å². The van der Waals surface area contributed by atoms with Gasteiger partial charge in [0.25, 0.3) is 0 Å². The molecule has 0 unspecified atom stereocenters. The van der Waals surface area contributed by atoms with Crippen LogP contribution in [0.5, 0.6) is 5.75 Å². The average molecular weight is 437 g/mol. The van der Waals surface area contributed by atoms with Crippen molar-refractivity contribution in [2.45, 2.75) is 89.9 Å². The molecule has 0 aromatic heterocycles. The first-order valence-corrected chi connectivity index (χ1v) is 13.1. The third-order valence-electron chi connectivity index (χ3n) is 8.26. The topological polar surface area (TPSA) is 9.23 Å². The lowest BCUT2D eigenvalue weighted by atomic mass is 9.74. The van der Waals surface area contributed by atoms with Crippen LogP contribution in [0.15, 0.2) is 43.0 Å². The minimum absolute atomic E-state index is 0.0231. The van der Waals surface area contributed by atoms with E-state index in [1.807, 2.05) is 24.3 Å². The lowest BCUT2D eigenvalue weighted by Gasteiger charge is -2.32. The quantitative estimate of drug-likeness (QED) is 0.356. The highest BCUT2D eigenvalue weighted by Gasteiger charge is 2.27. The highest BCUT2D eigenvalue weighted by Crippen LogP contribution is 2.41. The first-order chi connectivity index (χ1) is 15.7. The van der Waals surface area contributed by atoms with Crippen molar-refractivity contribution in [2.75, 3.05) is 6.61 Å². The third kappa shape index (κ3) is 5.74. The Morgan fingerprint density at radius 2 is 1.50 bits per heavy atom. The van der Waals surface area contributed by atoms with Gasteiger partial charge in [0, 0.05) is 5.39 Å². The van der Waals surface area contributed by atoms with Crippen LogP contribution < -0.4 is 4.74 Å². The monoisotopic (exact) mass is 436 g/mol. The lowest BCUT2D eigenvalue weighted by molar-refractivity contribution is 0.223. The zero-order valence-electron chi connectivity index (χ0n) is 20.0. The molecule has 1 nitrogen and oxygen atoms in total. The van der Waals surface area contributed by atoms with Crippen LogP contribution in [0.3, 0.4) is 0 Å². The fourth-order valence-corrected chi connectivity index (χ4v) is 6.30. The highest BCUT2D eigenvalue weighted by atomic mass is 19.1. The Hall–Kier alpha value is -1.83. The summed E-state index contributed by atoms with van der Waals surface area (Å²) < 4.78 is 21.0. The number of hydrogen-bond donors (Lipinski definition) is 0. The fourth-order valence-electron chi connectivity index (χ4n) is 6.30. The zero-order valence-corrected chi connectivity index (χ0v) is 20.0. The molecule has 2 fully saturated rings. The van der Waals surface area contributed by atoms with E-state index >= 15 is 4.39 Å². The minimum atomic E-state index is -0.0231. The van der Waals surface area contributed by atoms with Crippen molar-refractivity contribution in [3.05, 3.63) is 54.4 Å². The van der Waals surface area contributed by atoms with E-state index in [1.54, 1.807) is 6.08 Å². The summed E-state index contributed by atoms with van der Waals surface area (Å²) in [7, 11) is 0. The van der Waals surface area contributed by atoms with Crippen LogP contribution in [0, 0.1) is 23.6 Å². The molecule has 4 rings (SSSR count). The lowest BCUT2D eigenvalue weighted by Crippen LogP contribution is -2.18. The van der Waals surface area contributed by atoms with E-state index in [4.69, 9.17) is 4.74 Å². The van der Waals surface area contributed by atoms with Crippen LogP contribution in [-0.2, 0) is 0 Å². The van der Waals surface area contributed by atoms with Gasteiger partial charge in [0.1, 0.15) is 18.2 Å². The SMILES string of the molecule is C=CCOc1ccc2c(F)c(C3CCC(CCC4CCC(CCC)CC4)CC3)ccc2c1. The fraction of sp³-hybridized carbons (Fsp3) is 0.600. The Morgan fingerprint density at radius 3 is 2.12 bits per heavy atom. The van der Waals surface area contributed by atoms with E-state index in [9.17, 15) is 0 Å². The molecule has 0 radical (unpaired) electrons. The smallest absolute Gasteiger partial charge is 0.134 e. The Labute approximate surface area is 194 Å². The third-order valence-corrected chi connectivity index (χ3v) is 8.26. The number of hydrogen-bond acceptors (Lipinski definition) is 1. The molecule has 2 aliphatic rings. The van der Waals surface area contributed by atoms with Crippen molar-refractivity contribution in [1.82, 2.24) is 0 Å². The normalized spacial score (nSPS) is 26.2. The van der Waals surface area contributed by atoms with Gasteiger partial charge in [-0.2, -0.15) is 0 Å². The van der Waals surface area contributed by atoms with Crippen molar-refractivity contribution >= 4 is 10.8 Å². The second-order valence-electron chi connectivity index (χ2n) is 10.4. The number of ether oxygens (including phenoxy) is 1. The van der Waals surface area contributed by atoms with Gasteiger partial charge in [-0.05, 0) is 78.5 Å². The number of benzene rings is 2. The average Bonchev–Trinajstić information content (AvgIpc) is 2.83. The van der Waals surface area contributed by atoms with E-state index in [2.05, 4.69) is 19.6 Å². The molecule has 2 aromatic rings. The van der Waals surface area contributed by atoms with E-state index in [1.165, 1.54) is 64.2 Å². The molecule has 0 aliphatic heterocycles. The zero-order chi connectivity index (χ0) is 22.3. The molecule has 2 aromatic carbocycles. The standard InChI is InChI=1S/C30H41FO/c1-3-5-22-6-8-23(9-7-22)10-11-24-12-14-25(15-13-24)28-18-16-26-21-27(32-20-4-2)17-19-29(26)30(28)31/h4,16-19,21-25H,2-3,5-15,20H2,1H3. The van der Waals surface area contributed by atoms with Gasteiger partial charge in [-0.1, -0.05) is 83.1 Å². The van der Waals surface area contributed by atoms with Crippen molar-refractivity contribution in [1.29, 1.82) is 0 Å². The summed E-state index contributed by atoms with van der Waals surface area (Å²) in [6.45, 7) is 6.47. The molecular weight excluding hydrogens is 395 g/mol. The van der Waals surface area contributed by atoms with Crippen LogP contribution in [0.2, 0.25) is 0 Å². The van der Waals surface area contributed by atoms with Gasteiger partial charge >= 0.3 is 0 Å². The highest BCUT2D eigenvalue weighted by molar-refractivity contribution is 5.85. The van der Waals surface area contributed by atoms with Gasteiger partial charge in [0.2, 0.25) is 0 Å². The number of rotatable bonds is 9. The molecule has 174 valence electrons. The summed E-state index contributed by atoms with van der Waals surface area (Å²) in [5.41, 5.74) is 0.921. The number of fused-ring (bicyclic) bond motifs is 1. The van der Waals surface area contributed by atoms with Crippen LogP contribution in [0.1, 0.15) is 95.5 Å². The van der Waals surface area contributed by atoms with E-state index in [-0.39, 0.29) is 5.82 Å². The summed E-state index contributed by atoms with van der Waals surface area (Å²) in [4.78, 5) is 0. The molecule has 0 bridgehead atoms. The summed E-state index contributed by atoms with van der Waals surface area (Å²) in [5.74, 6) is 3.95. The molecule has 0 atom stereocenters. The predicted octanol–water partition coefficient (Wildman–Crippen LogP) is 9.20. The Kier molecular flexibility index (Phi) is 8.27. The van der Waals surface area contributed by atoms with Crippen molar-refractivity contribution < 1.29 is 9.13 Å². The summed E-state index contributed by atoms with van der Waals surface area (Å²) >= 11 is 0. The maximum Gasteiger partial charge on any atom is 0.134 e. The van der Waals surface area contributed by atoms with Gasteiger partial charge < -0.3 is 4.74 Å². The molecule has 0 heterocycles. The van der Waals surface area contributed by atoms with Crippen LogP contribution >= 0.6 is 0 Å². The molecule has 0 saturated heterocycles. The van der Waals surface area contributed by atoms with E-state index in [0.29, 0.717) is 17.9 Å². The first kappa shape index (κ1) is 23.3. The van der Waals surface area contributed by atoms with Crippen LogP contribution in [-0.4, -0.2) is 6.61 Å². The second kappa shape index (κ2) is 11.3. The Bertz CT molecular complexity index is 872. The van der Waals surface area contributed by atoms with Crippen molar-refractivity contribution in [2.24, 2.45) is 17.8 Å². The predicted molar refractivity (Wildman–Crippen MR) is 134 cm³/mol. The number of halogens is 1.